The van der Waals surface area contributed by atoms with Crippen LogP contribution in [0.15, 0.2) is 36.4 Å². The molecule has 0 saturated carbocycles. The number of carbonyl (C=O) groups excluding carboxylic acids is 1. The molecule has 0 aliphatic rings. The molecule has 0 fully saturated rings. The minimum Gasteiger partial charge on any atom is -0.486 e. The Morgan fingerprint density at radius 1 is 1.30 bits per heavy atom. The Balaban J connectivity index is 2.18. The van der Waals surface area contributed by atoms with Crippen LogP contribution >= 0.6 is 22.6 Å². The average Bonchev–Trinajstić information content (AvgIpc) is 2.55. The maximum Gasteiger partial charge on any atom is 0.224 e. The lowest BCUT2D eigenvalue weighted by atomic mass is 10.0. The first-order valence-electron chi connectivity index (χ1n) is 7.43. The standard InChI is InChI=1S/C18H19FINO2/c1-3-12-7-8-17(15(19)9-12)23-11-14-13(10-18(22)21-2)5-4-6-16(14)20/h4-9H,3,10-11H2,1-2H3,(H,21,22). The molecule has 5 heteroatoms. The van der Waals surface area contributed by atoms with Crippen LogP contribution in [0.1, 0.15) is 23.6 Å². The number of nitrogens with one attached hydrogen (secondary N) is 1. The normalized spacial score (nSPS) is 10.4. The fourth-order valence-electron chi connectivity index (χ4n) is 2.22. The van der Waals surface area contributed by atoms with Crippen LogP contribution in [-0.2, 0) is 24.2 Å². The molecule has 0 aromatic heterocycles. The van der Waals surface area contributed by atoms with Crippen molar-refractivity contribution in [3.05, 3.63) is 62.5 Å². The molecule has 0 spiro atoms. The van der Waals surface area contributed by atoms with Crippen LogP contribution in [0.3, 0.4) is 0 Å². The summed E-state index contributed by atoms with van der Waals surface area (Å²) in [6, 6.07) is 10.8. The van der Waals surface area contributed by atoms with Crippen LogP contribution in [-0.4, -0.2) is 13.0 Å². The average molecular weight is 427 g/mol. The van der Waals surface area contributed by atoms with E-state index in [-0.39, 0.29) is 30.5 Å². The summed E-state index contributed by atoms with van der Waals surface area (Å²) in [5, 5.41) is 2.61. The third kappa shape index (κ3) is 4.67. The molecule has 0 aliphatic carbocycles. The molecule has 3 nitrogen and oxygen atoms in total. The molecule has 0 saturated heterocycles. The van der Waals surface area contributed by atoms with Crippen molar-refractivity contribution in [2.24, 2.45) is 0 Å². The van der Waals surface area contributed by atoms with Gasteiger partial charge in [0.25, 0.3) is 0 Å². The Labute approximate surface area is 149 Å². The zero-order chi connectivity index (χ0) is 16.8. The molecule has 0 atom stereocenters. The first-order chi connectivity index (χ1) is 11.0. The summed E-state index contributed by atoms with van der Waals surface area (Å²) < 4.78 is 20.7. The molecule has 1 amide bonds. The number of likely N-dealkylation sites (N-methyl/N-ethyl adjacent to an activating group) is 1. The maximum atomic E-state index is 14.0. The van der Waals surface area contributed by atoms with E-state index in [0.29, 0.717) is 0 Å². The number of rotatable bonds is 6. The monoisotopic (exact) mass is 427 g/mol. The summed E-state index contributed by atoms with van der Waals surface area (Å²) in [4.78, 5) is 11.6. The van der Waals surface area contributed by atoms with Crippen molar-refractivity contribution in [1.29, 1.82) is 0 Å². The quantitative estimate of drug-likeness (QED) is 0.712. The zero-order valence-electron chi connectivity index (χ0n) is 13.2. The van der Waals surface area contributed by atoms with Gasteiger partial charge >= 0.3 is 0 Å². The van der Waals surface area contributed by atoms with E-state index in [4.69, 9.17) is 4.74 Å². The van der Waals surface area contributed by atoms with E-state index in [1.165, 1.54) is 6.07 Å². The van der Waals surface area contributed by atoms with Gasteiger partial charge in [-0.3, -0.25) is 4.79 Å². The maximum absolute atomic E-state index is 14.0. The topological polar surface area (TPSA) is 38.3 Å². The van der Waals surface area contributed by atoms with E-state index >= 15 is 0 Å². The van der Waals surface area contributed by atoms with Crippen molar-refractivity contribution < 1.29 is 13.9 Å². The number of benzene rings is 2. The van der Waals surface area contributed by atoms with Crippen molar-refractivity contribution in [3.63, 3.8) is 0 Å². The molecule has 0 radical (unpaired) electrons. The molecule has 2 aromatic carbocycles. The molecular weight excluding hydrogens is 408 g/mol. The molecule has 2 rings (SSSR count). The highest BCUT2D eigenvalue weighted by atomic mass is 127. The molecule has 1 N–H and O–H groups in total. The van der Waals surface area contributed by atoms with Gasteiger partial charge in [0.15, 0.2) is 11.6 Å². The second-order valence-corrected chi connectivity index (χ2v) is 6.30. The Kier molecular flexibility index (Phi) is 6.38. The Morgan fingerprint density at radius 2 is 2.09 bits per heavy atom. The van der Waals surface area contributed by atoms with E-state index in [9.17, 15) is 9.18 Å². The first kappa shape index (κ1) is 17.7. The van der Waals surface area contributed by atoms with Gasteiger partial charge in [-0.1, -0.05) is 25.1 Å². The van der Waals surface area contributed by atoms with Crippen LogP contribution in [0.5, 0.6) is 5.75 Å². The minimum absolute atomic E-state index is 0.0632. The van der Waals surface area contributed by atoms with Crippen molar-refractivity contribution in [1.82, 2.24) is 5.32 Å². The zero-order valence-corrected chi connectivity index (χ0v) is 15.3. The smallest absolute Gasteiger partial charge is 0.224 e. The van der Waals surface area contributed by atoms with Crippen LogP contribution in [0.4, 0.5) is 4.39 Å². The van der Waals surface area contributed by atoms with Crippen LogP contribution in [0.25, 0.3) is 0 Å². The third-order valence-corrected chi connectivity index (χ3v) is 4.63. The van der Waals surface area contributed by atoms with E-state index in [1.807, 2.05) is 31.2 Å². The van der Waals surface area contributed by atoms with Gasteiger partial charge in [-0.15, -0.1) is 0 Å². The van der Waals surface area contributed by atoms with Crippen molar-refractivity contribution in [2.45, 2.75) is 26.4 Å². The predicted molar refractivity (Wildman–Crippen MR) is 97.0 cm³/mol. The van der Waals surface area contributed by atoms with Gasteiger partial charge in [-0.05, 0) is 58.3 Å². The number of hydrogen-bond donors (Lipinski definition) is 1. The highest BCUT2D eigenvalue weighted by molar-refractivity contribution is 14.1. The van der Waals surface area contributed by atoms with Crippen molar-refractivity contribution in [2.75, 3.05) is 7.05 Å². The Morgan fingerprint density at radius 3 is 2.74 bits per heavy atom. The lowest BCUT2D eigenvalue weighted by Crippen LogP contribution is -2.21. The Bertz CT molecular complexity index is 703. The number of ether oxygens (including phenoxy) is 1. The largest absolute Gasteiger partial charge is 0.486 e. The van der Waals surface area contributed by atoms with E-state index in [0.717, 1.165) is 26.7 Å². The van der Waals surface area contributed by atoms with Gasteiger partial charge in [0.1, 0.15) is 6.61 Å². The fourth-order valence-corrected chi connectivity index (χ4v) is 2.93. The molecule has 0 unspecified atom stereocenters. The van der Waals surface area contributed by atoms with Crippen LogP contribution in [0.2, 0.25) is 0 Å². The molecule has 23 heavy (non-hydrogen) atoms. The first-order valence-corrected chi connectivity index (χ1v) is 8.51. The van der Waals surface area contributed by atoms with Crippen LogP contribution < -0.4 is 10.1 Å². The van der Waals surface area contributed by atoms with E-state index in [2.05, 4.69) is 27.9 Å². The third-order valence-electron chi connectivity index (χ3n) is 3.62. The summed E-state index contributed by atoms with van der Waals surface area (Å²) in [6.07, 6.45) is 1.06. The fraction of sp³-hybridized carbons (Fsp3) is 0.278. The van der Waals surface area contributed by atoms with Crippen molar-refractivity contribution >= 4 is 28.5 Å². The van der Waals surface area contributed by atoms with Gasteiger partial charge < -0.3 is 10.1 Å². The number of halogens is 2. The number of amides is 1. The molecule has 0 aliphatic heterocycles. The summed E-state index contributed by atoms with van der Waals surface area (Å²) in [5.41, 5.74) is 2.74. The predicted octanol–water partition coefficient (Wildman–Crippen LogP) is 3.86. The van der Waals surface area contributed by atoms with Gasteiger partial charge in [0.2, 0.25) is 5.91 Å². The number of aryl methyl sites for hydroxylation is 1. The second-order valence-electron chi connectivity index (χ2n) is 5.13. The molecule has 2 aromatic rings. The SMILES string of the molecule is CCc1ccc(OCc2c(I)cccc2CC(=O)NC)c(F)c1. The molecule has 122 valence electrons. The van der Waals surface area contributed by atoms with E-state index < -0.39 is 0 Å². The minimum atomic E-state index is -0.358. The summed E-state index contributed by atoms with van der Waals surface area (Å²) in [5.74, 6) is -0.192. The molecule has 0 heterocycles. The number of carbonyl (C=O) groups is 1. The lowest BCUT2D eigenvalue weighted by molar-refractivity contribution is -0.119. The number of hydrogen-bond acceptors (Lipinski definition) is 2. The highest BCUT2D eigenvalue weighted by Gasteiger charge is 2.12. The summed E-state index contributed by atoms with van der Waals surface area (Å²) >= 11 is 2.20. The Hall–Kier alpha value is -1.63. The van der Waals surface area contributed by atoms with Crippen molar-refractivity contribution in [3.8, 4) is 5.75 Å². The van der Waals surface area contributed by atoms with Gasteiger partial charge in [-0.25, -0.2) is 4.39 Å². The lowest BCUT2D eigenvalue weighted by Gasteiger charge is -2.13. The van der Waals surface area contributed by atoms with E-state index in [1.54, 1.807) is 13.1 Å². The summed E-state index contributed by atoms with van der Waals surface area (Å²) in [7, 11) is 1.61. The van der Waals surface area contributed by atoms with Gasteiger partial charge in [0.05, 0.1) is 6.42 Å². The van der Waals surface area contributed by atoms with Gasteiger partial charge in [-0.2, -0.15) is 0 Å². The summed E-state index contributed by atoms with van der Waals surface area (Å²) in [6.45, 7) is 2.21. The second kappa shape index (κ2) is 8.29. The highest BCUT2D eigenvalue weighted by Crippen LogP contribution is 2.23. The molecular formula is C18H19FINO2. The molecule has 0 bridgehead atoms. The van der Waals surface area contributed by atoms with Crippen LogP contribution in [0, 0.1) is 9.39 Å². The van der Waals surface area contributed by atoms with Gasteiger partial charge in [0, 0.05) is 16.2 Å².